The van der Waals surface area contributed by atoms with Crippen LogP contribution in [-0.2, 0) is 27.2 Å². The third-order valence-corrected chi connectivity index (χ3v) is 9.86. The summed E-state index contributed by atoms with van der Waals surface area (Å²) in [5.74, 6) is 1.02. The van der Waals surface area contributed by atoms with E-state index in [-0.39, 0.29) is 5.41 Å². The predicted octanol–water partition coefficient (Wildman–Crippen LogP) is 6.73. The van der Waals surface area contributed by atoms with Gasteiger partial charge in [0.2, 0.25) is 0 Å². The average molecular weight is 642 g/mol. The van der Waals surface area contributed by atoms with Gasteiger partial charge in [-0.1, -0.05) is 38.1 Å². The number of fused-ring (bicyclic) bond motifs is 1. The fourth-order valence-electron chi connectivity index (χ4n) is 7.22. The van der Waals surface area contributed by atoms with Crippen LogP contribution in [-0.4, -0.2) is 72.6 Å². The Morgan fingerprint density at radius 2 is 1.57 bits per heavy atom. The molecule has 47 heavy (non-hydrogen) atoms. The van der Waals surface area contributed by atoms with E-state index >= 15 is 0 Å². The number of nitrogens with zero attached hydrogens (tertiary/aromatic N) is 5. The summed E-state index contributed by atoms with van der Waals surface area (Å²) in [5, 5.41) is 10.5. The van der Waals surface area contributed by atoms with E-state index < -0.39 is 17.7 Å². The first-order valence-corrected chi connectivity index (χ1v) is 17.1. The molecule has 0 amide bonds. The SMILES string of the molecule is Cc1nc(C)c([C@H](OC(C)(C)C)C(=O)O)c(N2CCC(C)(C)CC2)c1-c1ccc2c(c1)CCN(c1cccc(N3CCOCC3)n1)C2. The molecule has 0 bridgehead atoms. The second kappa shape index (κ2) is 13.1. The first-order valence-electron chi connectivity index (χ1n) is 17.1. The normalized spacial score (nSPS) is 19.0. The highest BCUT2D eigenvalue weighted by molar-refractivity contribution is 5.88. The van der Waals surface area contributed by atoms with Crippen LogP contribution in [0.1, 0.15) is 81.6 Å². The van der Waals surface area contributed by atoms with E-state index in [1.807, 2.05) is 27.7 Å². The Balaban J connectivity index is 1.37. The van der Waals surface area contributed by atoms with Crippen molar-refractivity contribution in [2.24, 2.45) is 5.41 Å². The van der Waals surface area contributed by atoms with Crippen molar-refractivity contribution in [1.29, 1.82) is 0 Å². The molecule has 6 rings (SSSR count). The van der Waals surface area contributed by atoms with Crippen molar-refractivity contribution in [2.75, 3.05) is 60.6 Å². The molecule has 3 aromatic rings. The van der Waals surface area contributed by atoms with Gasteiger partial charge < -0.3 is 29.3 Å². The molecule has 0 aliphatic carbocycles. The lowest BCUT2D eigenvalue weighted by Crippen LogP contribution is -2.39. The number of morpholine rings is 1. The number of aliphatic carboxylic acids is 1. The zero-order valence-corrected chi connectivity index (χ0v) is 29.2. The molecule has 0 unspecified atom stereocenters. The third kappa shape index (κ3) is 7.26. The van der Waals surface area contributed by atoms with Crippen LogP contribution in [0.5, 0.6) is 0 Å². The van der Waals surface area contributed by atoms with Crippen LogP contribution in [0.15, 0.2) is 36.4 Å². The number of rotatable bonds is 7. The fraction of sp³-hybridized carbons (Fsp3) is 0.553. The van der Waals surface area contributed by atoms with Gasteiger partial charge in [-0.2, -0.15) is 0 Å². The van der Waals surface area contributed by atoms with Crippen molar-refractivity contribution >= 4 is 23.3 Å². The summed E-state index contributed by atoms with van der Waals surface area (Å²) in [7, 11) is 0. The van der Waals surface area contributed by atoms with E-state index in [2.05, 4.69) is 71.9 Å². The van der Waals surface area contributed by atoms with Crippen LogP contribution in [0.25, 0.3) is 11.1 Å². The summed E-state index contributed by atoms with van der Waals surface area (Å²) in [4.78, 5) is 29.9. The standard InChI is InChI=1S/C38H51N5O4/c1-25-32(34(42-17-14-38(6,7)15-18-42)33(26(2)39-25)35(36(44)45)47-37(3,4)5)28-11-12-29-24-43(16-13-27(29)23-28)31-10-8-9-30(40-31)41-19-21-46-22-20-41/h8-12,23,35H,13-22,24H2,1-7H3,(H,44,45)/t35-/m0/s1. The number of carbonyl (C=O) groups is 1. The number of hydrogen-bond acceptors (Lipinski definition) is 8. The number of carboxylic acids is 1. The molecule has 0 saturated carbocycles. The molecule has 9 nitrogen and oxygen atoms in total. The average Bonchev–Trinajstić information content (AvgIpc) is 3.03. The molecular formula is C38H51N5O4. The summed E-state index contributed by atoms with van der Waals surface area (Å²) in [5.41, 5.74) is 7.55. The number of piperidine rings is 1. The van der Waals surface area contributed by atoms with E-state index in [9.17, 15) is 9.90 Å². The Bertz CT molecular complexity index is 1610. The third-order valence-electron chi connectivity index (χ3n) is 9.86. The van der Waals surface area contributed by atoms with Crippen LogP contribution < -0.4 is 14.7 Å². The van der Waals surface area contributed by atoms with E-state index in [0.717, 1.165) is 106 Å². The number of aryl methyl sites for hydroxylation is 2. The van der Waals surface area contributed by atoms with E-state index in [4.69, 9.17) is 19.4 Å². The highest BCUT2D eigenvalue weighted by atomic mass is 16.5. The Morgan fingerprint density at radius 1 is 0.894 bits per heavy atom. The first kappa shape index (κ1) is 33.2. The number of pyridine rings is 2. The van der Waals surface area contributed by atoms with Gasteiger partial charge in [0.15, 0.2) is 6.10 Å². The maximum atomic E-state index is 12.9. The van der Waals surface area contributed by atoms with Gasteiger partial charge in [0.05, 0.1) is 24.5 Å². The van der Waals surface area contributed by atoms with E-state index in [0.29, 0.717) is 11.3 Å². The fourth-order valence-corrected chi connectivity index (χ4v) is 7.22. The lowest BCUT2D eigenvalue weighted by molar-refractivity contribution is -0.160. The second-order valence-electron chi connectivity index (χ2n) is 15.1. The molecular weight excluding hydrogens is 590 g/mol. The number of ether oxygens (including phenoxy) is 2. The molecule has 1 N–H and O–H groups in total. The van der Waals surface area contributed by atoms with Crippen molar-refractivity contribution in [3.05, 3.63) is 64.5 Å². The molecule has 3 aliphatic rings. The number of carboxylic acid groups (broad SMARTS) is 1. The molecule has 0 radical (unpaired) electrons. The lowest BCUT2D eigenvalue weighted by Gasteiger charge is -2.41. The maximum absolute atomic E-state index is 12.9. The summed E-state index contributed by atoms with van der Waals surface area (Å²) >= 11 is 0. The minimum absolute atomic E-state index is 0.246. The number of anilines is 3. The Kier molecular flexibility index (Phi) is 9.24. The van der Waals surface area contributed by atoms with Gasteiger partial charge in [-0.15, -0.1) is 0 Å². The minimum atomic E-state index is -1.13. The van der Waals surface area contributed by atoms with Gasteiger partial charge in [-0.05, 0) is 88.1 Å². The van der Waals surface area contributed by atoms with Crippen molar-refractivity contribution in [3.8, 4) is 11.1 Å². The van der Waals surface area contributed by atoms with Gasteiger partial charge in [0.1, 0.15) is 11.6 Å². The van der Waals surface area contributed by atoms with Crippen molar-refractivity contribution in [1.82, 2.24) is 9.97 Å². The summed E-state index contributed by atoms with van der Waals surface area (Å²) in [6.07, 6.45) is 1.84. The molecule has 1 aromatic carbocycles. The molecule has 252 valence electrons. The predicted molar refractivity (Wildman–Crippen MR) is 188 cm³/mol. The summed E-state index contributed by atoms with van der Waals surface area (Å²) in [6.45, 7) is 20.9. The zero-order chi connectivity index (χ0) is 33.5. The summed E-state index contributed by atoms with van der Waals surface area (Å²) in [6, 6.07) is 13.1. The van der Waals surface area contributed by atoms with Crippen molar-refractivity contribution in [2.45, 2.75) is 86.0 Å². The molecule has 9 heteroatoms. The van der Waals surface area contributed by atoms with Crippen LogP contribution in [0.4, 0.5) is 17.3 Å². The zero-order valence-electron chi connectivity index (χ0n) is 29.2. The number of benzene rings is 1. The van der Waals surface area contributed by atoms with Crippen LogP contribution in [0.3, 0.4) is 0 Å². The molecule has 1 atom stereocenters. The lowest BCUT2D eigenvalue weighted by atomic mass is 9.81. The van der Waals surface area contributed by atoms with Crippen LogP contribution in [0, 0.1) is 19.3 Å². The van der Waals surface area contributed by atoms with Gasteiger partial charge in [0.25, 0.3) is 0 Å². The molecule has 0 spiro atoms. The van der Waals surface area contributed by atoms with E-state index in [1.165, 1.54) is 11.1 Å². The van der Waals surface area contributed by atoms with E-state index in [1.54, 1.807) is 0 Å². The second-order valence-corrected chi connectivity index (χ2v) is 15.1. The Morgan fingerprint density at radius 3 is 2.23 bits per heavy atom. The van der Waals surface area contributed by atoms with Crippen molar-refractivity contribution in [3.63, 3.8) is 0 Å². The van der Waals surface area contributed by atoms with Crippen LogP contribution in [0.2, 0.25) is 0 Å². The molecule has 2 aromatic heterocycles. The quantitative estimate of drug-likeness (QED) is 0.302. The van der Waals surface area contributed by atoms with Crippen molar-refractivity contribution < 1.29 is 19.4 Å². The van der Waals surface area contributed by atoms with Gasteiger partial charge in [-0.3, -0.25) is 4.98 Å². The van der Waals surface area contributed by atoms with Gasteiger partial charge in [0, 0.05) is 61.8 Å². The monoisotopic (exact) mass is 641 g/mol. The smallest absolute Gasteiger partial charge is 0.337 e. The Labute approximate surface area is 279 Å². The molecule has 2 saturated heterocycles. The summed E-state index contributed by atoms with van der Waals surface area (Å²) < 4.78 is 11.8. The number of hydrogen-bond donors (Lipinski definition) is 1. The maximum Gasteiger partial charge on any atom is 0.337 e. The number of aromatic nitrogens is 2. The molecule has 2 fully saturated rings. The molecule has 3 aliphatic heterocycles. The van der Waals surface area contributed by atoms with Crippen LogP contribution >= 0.6 is 0 Å². The largest absolute Gasteiger partial charge is 0.479 e. The van der Waals surface area contributed by atoms with Gasteiger partial charge in [-0.25, -0.2) is 9.78 Å². The highest BCUT2D eigenvalue weighted by Gasteiger charge is 2.36. The topological polar surface area (TPSA) is 91.3 Å². The van der Waals surface area contributed by atoms with Gasteiger partial charge >= 0.3 is 5.97 Å². The molecule has 5 heterocycles. The Hall–Kier alpha value is -3.69. The minimum Gasteiger partial charge on any atom is -0.479 e. The highest BCUT2D eigenvalue weighted by Crippen LogP contribution is 2.45. The first-order chi connectivity index (χ1) is 22.3.